The maximum atomic E-state index is 11.6. The number of nitrogens with two attached hydrogens (primary N) is 1. The van der Waals surface area contributed by atoms with Crippen molar-refractivity contribution < 1.29 is 13.2 Å². The Labute approximate surface area is 122 Å². The molecule has 2 heterocycles. The molecule has 0 spiro atoms. The summed E-state index contributed by atoms with van der Waals surface area (Å²) in [5, 5.41) is 0. The number of nitrogens with zero attached hydrogens (tertiary/aromatic N) is 2. The van der Waals surface area contributed by atoms with Crippen LogP contribution in [-0.4, -0.2) is 75.4 Å². The lowest BCUT2D eigenvalue weighted by atomic mass is 9.99. The molecular formula is C13H27N3O3S. The Bertz CT molecular complexity index is 388. The van der Waals surface area contributed by atoms with Crippen LogP contribution in [0.4, 0.5) is 0 Å². The molecule has 2 fully saturated rings. The van der Waals surface area contributed by atoms with E-state index in [1.807, 2.05) is 0 Å². The SMILES string of the molecule is CS(=O)(=O)N1CCC(N(CCN)C2CCOCC2)CC1. The standard InChI is InChI=1S/C13H27N3O3S/c1-20(17,18)15-7-2-12(3-8-15)16(9-6-14)13-4-10-19-11-5-13/h12-13H,2-11,14H2,1H3. The Morgan fingerprint density at radius 1 is 1.15 bits per heavy atom. The van der Waals surface area contributed by atoms with Gasteiger partial charge in [0, 0.05) is 51.5 Å². The lowest BCUT2D eigenvalue weighted by Gasteiger charge is -2.43. The van der Waals surface area contributed by atoms with Crippen molar-refractivity contribution in [3.8, 4) is 0 Å². The molecule has 2 N–H and O–H groups in total. The van der Waals surface area contributed by atoms with Gasteiger partial charge in [0.1, 0.15) is 0 Å². The molecule has 0 amide bonds. The first kappa shape index (κ1) is 16.2. The van der Waals surface area contributed by atoms with Crippen LogP contribution in [0.15, 0.2) is 0 Å². The van der Waals surface area contributed by atoms with Crippen molar-refractivity contribution in [2.75, 3.05) is 45.6 Å². The van der Waals surface area contributed by atoms with Crippen molar-refractivity contribution in [1.82, 2.24) is 9.21 Å². The Morgan fingerprint density at radius 3 is 2.20 bits per heavy atom. The molecule has 0 saturated carbocycles. The minimum atomic E-state index is -3.04. The van der Waals surface area contributed by atoms with E-state index in [-0.39, 0.29) is 0 Å². The van der Waals surface area contributed by atoms with Crippen molar-refractivity contribution >= 4 is 10.0 Å². The number of sulfonamides is 1. The van der Waals surface area contributed by atoms with Gasteiger partial charge in [-0.05, 0) is 25.7 Å². The monoisotopic (exact) mass is 305 g/mol. The van der Waals surface area contributed by atoms with Crippen LogP contribution in [-0.2, 0) is 14.8 Å². The van der Waals surface area contributed by atoms with E-state index in [0.29, 0.717) is 31.7 Å². The highest BCUT2D eigenvalue weighted by Gasteiger charge is 2.32. The van der Waals surface area contributed by atoms with Gasteiger partial charge in [0.2, 0.25) is 10.0 Å². The predicted molar refractivity (Wildman–Crippen MR) is 79.0 cm³/mol. The van der Waals surface area contributed by atoms with Crippen LogP contribution in [0, 0.1) is 0 Å². The molecule has 6 nitrogen and oxygen atoms in total. The molecule has 0 radical (unpaired) electrons. The van der Waals surface area contributed by atoms with Crippen molar-refractivity contribution in [1.29, 1.82) is 0 Å². The van der Waals surface area contributed by atoms with Crippen molar-refractivity contribution in [2.24, 2.45) is 5.73 Å². The third-order valence-electron chi connectivity index (χ3n) is 4.41. The molecular weight excluding hydrogens is 278 g/mol. The molecule has 0 aromatic carbocycles. The quantitative estimate of drug-likeness (QED) is 0.764. The number of rotatable bonds is 5. The lowest BCUT2D eigenvalue weighted by molar-refractivity contribution is 0.00842. The average molecular weight is 305 g/mol. The van der Waals surface area contributed by atoms with Crippen LogP contribution < -0.4 is 5.73 Å². The molecule has 0 unspecified atom stereocenters. The fraction of sp³-hybridized carbons (Fsp3) is 1.00. The molecule has 2 rings (SSSR count). The molecule has 0 aromatic heterocycles. The minimum absolute atomic E-state index is 0.458. The lowest BCUT2D eigenvalue weighted by Crippen LogP contribution is -2.52. The molecule has 2 aliphatic rings. The molecule has 0 aliphatic carbocycles. The van der Waals surface area contributed by atoms with Crippen LogP contribution in [0.2, 0.25) is 0 Å². The Kier molecular flexibility index (Phi) is 5.80. The van der Waals surface area contributed by atoms with E-state index in [0.717, 1.165) is 45.4 Å². The largest absolute Gasteiger partial charge is 0.381 e. The van der Waals surface area contributed by atoms with Crippen LogP contribution >= 0.6 is 0 Å². The zero-order chi connectivity index (χ0) is 14.6. The minimum Gasteiger partial charge on any atom is -0.381 e. The van der Waals surface area contributed by atoms with Crippen molar-refractivity contribution in [3.63, 3.8) is 0 Å². The number of ether oxygens (including phenoxy) is 1. The summed E-state index contributed by atoms with van der Waals surface area (Å²) in [5.41, 5.74) is 5.76. The first-order valence-electron chi connectivity index (χ1n) is 7.51. The van der Waals surface area contributed by atoms with Crippen LogP contribution in [0.3, 0.4) is 0 Å². The Balaban J connectivity index is 1.94. The molecule has 2 saturated heterocycles. The van der Waals surface area contributed by atoms with E-state index in [9.17, 15) is 8.42 Å². The summed E-state index contributed by atoms with van der Waals surface area (Å²) in [6, 6.07) is 1.00. The number of hydrogen-bond donors (Lipinski definition) is 1. The Hall–Kier alpha value is -0.210. The summed E-state index contributed by atoms with van der Waals surface area (Å²) in [5.74, 6) is 0. The van der Waals surface area contributed by atoms with Gasteiger partial charge in [-0.2, -0.15) is 0 Å². The topological polar surface area (TPSA) is 75.9 Å². The highest BCUT2D eigenvalue weighted by atomic mass is 32.2. The van der Waals surface area contributed by atoms with Gasteiger partial charge < -0.3 is 10.5 Å². The second-order valence-corrected chi connectivity index (χ2v) is 7.75. The summed E-state index contributed by atoms with van der Waals surface area (Å²) in [7, 11) is -3.04. The smallest absolute Gasteiger partial charge is 0.211 e. The summed E-state index contributed by atoms with van der Waals surface area (Å²) in [6.07, 6.45) is 5.23. The first-order valence-corrected chi connectivity index (χ1v) is 9.36. The van der Waals surface area contributed by atoms with Crippen molar-refractivity contribution in [2.45, 2.75) is 37.8 Å². The third kappa shape index (κ3) is 4.14. The number of hydrogen-bond acceptors (Lipinski definition) is 5. The maximum absolute atomic E-state index is 11.6. The van der Waals surface area contributed by atoms with E-state index >= 15 is 0 Å². The number of piperidine rings is 1. The summed E-state index contributed by atoms with van der Waals surface area (Å²) in [6.45, 7) is 4.47. The van der Waals surface area contributed by atoms with Gasteiger partial charge in [0.25, 0.3) is 0 Å². The highest BCUT2D eigenvalue weighted by molar-refractivity contribution is 7.88. The van der Waals surface area contributed by atoms with Gasteiger partial charge >= 0.3 is 0 Å². The average Bonchev–Trinajstić information content (AvgIpc) is 2.45. The van der Waals surface area contributed by atoms with E-state index in [4.69, 9.17) is 10.5 Å². The molecule has 0 bridgehead atoms. The van der Waals surface area contributed by atoms with Crippen LogP contribution in [0.1, 0.15) is 25.7 Å². The summed E-state index contributed by atoms with van der Waals surface area (Å²) < 4.78 is 30.2. The third-order valence-corrected chi connectivity index (χ3v) is 5.71. The van der Waals surface area contributed by atoms with Gasteiger partial charge in [-0.15, -0.1) is 0 Å². The van der Waals surface area contributed by atoms with E-state index < -0.39 is 10.0 Å². The normalized spacial score (nSPS) is 24.4. The molecule has 118 valence electrons. The van der Waals surface area contributed by atoms with Gasteiger partial charge in [-0.25, -0.2) is 12.7 Å². The fourth-order valence-corrected chi connectivity index (χ4v) is 4.21. The zero-order valence-corrected chi connectivity index (χ0v) is 13.1. The molecule has 7 heteroatoms. The molecule has 0 aromatic rings. The van der Waals surface area contributed by atoms with Crippen LogP contribution in [0.5, 0.6) is 0 Å². The second-order valence-electron chi connectivity index (χ2n) is 5.76. The van der Waals surface area contributed by atoms with E-state index in [2.05, 4.69) is 4.90 Å². The maximum Gasteiger partial charge on any atom is 0.211 e. The molecule has 2 aliphatic heterocycles. The second kappa shape index (κ2) is 7.17. The Morgan fingerprint density at radius 2 is 1.70 bits per heavy atom. The van der Waals surface area contributed by atoms with E-state index in [1.54, 1.807) is 4.31 Å². The molecule has 20 heavy (non-hydrogen) atoms. The fourth-order valence-electron chi connectivity index (χ4n) is 3.33. The predicted octanol–water partition coefficient (Wildman–Crippen LogP) is -0.150. The summed E-state index contributed by atoms with van der Waals surface area (Å²) >= 11 is 0. The first-order chi connectivity index (χ1) is 9.52. The highest BCUT2D eigenvalue weighted by Crippen LogP contribution is 2.24. The van der Waals surface area contributed by atoms with Crippen molar-refractivity contribution in [3.05, 3.63) is 0 Å². The van der Waals surface area contributed by atoms with Gasteiger partial charge in [-0.1, -0.05) is 0 Å². The summed E-state index contributed by atoms with van der Waals surface area (Å²) in [4.78, 5) is 2.50. The van der Waals surface area contributed by atoms with Gasteiger partial charge in [0.05, 0.1) is 6.26 Å². The van der Waals surface area contributed by atoms with Crippen LogP contribution in [0.25, 0.3) is 0 Å². The molecule has 0 atom stereocenters. The van der Waals surface area contributed by atoms with E-state index in [1.165, 1.54) is 6.26 Å². The zero-order valence-electron chi connectivity index (χ0n) is 12.3. The van der Waals surface area contributed by atoms with Gasteiger partial charge in [0.15, 0.2) is 0 Å². The van der Waals surface area contributed by atoms with Gasteiger partial charge in [-0.3, -0.25) is 4.90 Å².